The fraction of sp³-hybridized carbons (Fsp3) is 0.909. The summed E-state index contributed by atoms with van der Waals surface area (Å²) in [5, 5.41) is 0. The summed E-state index contributed by atoms with van der Waals surface area (Å²) in [5.41, 5.74) is -0.525. The first-order valence-electron chi connectivity index (χ1n) is 5.39. The third-order valence-electron chi connectivity index (χ3n) is 1.76. The molecule has 0 N–H and O–H groups in total. The van der Waals surface area contributed by atoms with Crippen LogP contribution in [0.15, 0.2) is 0 Å². The van der Waals surface area contributed by atoms with Crippen LogP contribution in [-0.2, 0) is 9.53 Å². The van der Waals surface area contributed by atoms with E-state index in [1.54, 1.807) is 20.8 Å². The number of hydrogen-bond acceptors (Lipinski definition) is 2. The number of rotatable bonds is 5. The molecule has 5 heteroatoms. The number of ether oxygens (including phenoxy) is 1. The van der Waals surface area contributed by atoms with Gasteiger partial charge < -0.3 is 4.74 Å². The lowest BCUT2D eigenvalue weighted by molar-refractivity contribution is -0.154. The van der Waals surface area contributed by atoms with Gasteiger partial charge in [-0.1, -0.05) is 6.42 Å². The van der Waals surface area contributed by atoms with Gasteiger partial charge in [-0.15, -0.1) is 0 Å². The zero-order valence-electron chi connectivity index (χ0n) is 9.99. The molecule has 2 nitrogen and oxygen atoms in total. The molecule has 0 aliphatic carbocycles. The van der Waals surface area contributed by atoms with E-state index in [2.05, 4.69) is 0 Å². The van der Waals surface area contributed by atoms with E-state index in [1.807, 2.05) is 0 Å². The molecule has 0 amide bonds. The highest BCUT2D eigenvalue weighted by Crippen LogP contribution is 2.23. The van der Waals surface area contributed by atoms with Gasteiger partial charge in [-0.3, -0.25) is 4.79 Å². The largest absolute Gasteiger partial charge is 0.460 e. The van der Waals surface area contributed by atoms with Crippen LogP contribution in [-0.4, -0.2) is 17.7 Å². The monoisotopic (exact) mass is 240 g/mol. The second-order valence-electron chi connectivity index (χ2n) is 4.76. The Morgan fingerprint density at radius 3 is 2.06 bits per heavy atom. The van der Waals surface area contributed by atoms with Gasteiger partial charge in [-0.05, 0) is 33.6 Å². The molecule has 0 heterocycles. The molecular weight excluding hydrogens is 221 g/mol. The third-order valence-corrected chi connectivity index (χ3v) is 1.76. The number of alkyl halides is 3. The Labute approximate surface area is 94.2 Å². The first-order chi connectivity index (χ1) is 7.10. The van der Waals surface area contributed by atoms with E-state index in [4.69, 9.17) is 4.74 Å². The van der Waals surface area contributed by atoms with Gasteiger partial charge in [0.1, 0.15) is 5.60 Å². The average Bonchev–Trinajstić information content (AvgIpc) is 1.97. The molecular formula is C11H19F3O2. The lowest BCUT2D eigenvalue weighted by atomic mass is 10.1. The Hall–Kier alpha value is -0.740. The number of carbonyl (C=O) groups is 1. The third kappa shape index (κ3) is 11.3. The Balaban J connectivity index is 3.50. The van der Waals surface area contributed by atoms with Gasteiger partial charge in [0.05, 0.1) is 0 Å². The normalized spacial score (nSPS) is 12.6. The summed E-state index contributed by atoms with van der Waals surface area (Å²) in [7, 11) is 0. The first kappa shape index (κ1) is 15.3. The molecule has 16 heavy (non-hydrogen) atoms. The fourth-order valence-electron chi connectivity index (χ4n) is 1.16. The summed E-state index contributed by atoms with van der Waals surface area (Å²) in [6.07, 6.45) is -3.75. The lowest BCUT2D eigenvalue weighted by Crippen LogP contribution is -2.23. The SMILES string of the molecule is CC(C)(C)OC(=O)CCCCCC(F)(F)F. The van der Waals surface area contributed by atoms with E-state index in [-0.39, 0.29) is 18.8 Å². The maximum absolute atomic E-state index is 11.8. The van der Waals surface area contributed by atoms with Crippen LogP contribution in [0.5, 0.6) is 0 Å². The van der Waals surface area contributed by atoms with Crippen LogP contribution >= 0.6 is 0 Å². The van der Waals surface area contributed by atoms with E-state index in [0.29, 0.717) is 12.8 Å². The van der Waals surface area contributed by atoms with Crippen LogP contribution in [0.3, 0.4) is 0 Å². The molecule has 0 bridgehead atoms. The van der Waals surface area contributed by atoms with Crippen LogP contribution in [0.2, 0.25) is 0 Å². The molecule has 0 rings (SSSR count). The zero-order chi connectivity index (χ0) is 12.8. The second-order valence-corrected chi connectivity index (χ2v) is 4.76. The number of unbranched alkanes of at least 4 members (excludes halogenated alkanes) is 2. The van der Waals surface area contributed by atoms with Crippen molar-refractivity contribution in [3.8, 4) is 0 Å². The van der Waals surface area contributed by atoms with Crippen molar-refractivity contribution >= 4 is 5.97 Å². The molecule has 0 spiro atoms. The predicted molar refractivity (Wildman–Crippen MR) is 55.0 cm³/mol. The molecule has 96 valence electrons. The quantitative estimate of drug-likeness (QED) is 0.539. The van der Waals surface area contributed by atoms with Gasteiger partial charge in [-0.25, -0.2) is 0 Å². The summed E-state index contributed by atoms with van der Waals surface area (Å²) in [4.78, 5) is 11.2. The maximum atomic E-state index is 11.8. The van der Waals surface area contributed by atoms with Crippen LogP contribution in [0.1, 0.15) is 52.9 Å². The summed E-state index contributed by atoms with van der Waals surface area (Å²) in [5.74, 6) is -0.348. The van der Waals surface area contributed by atoms with E-state index in [1.165, 1.54) is 0 Å². The van der Waals surface area contributed by atoms with Crippen molar-refractivity contribution in [1.82, 2.24) is 0 Å². The standard InChI is InChI=1S/C11H19F3O2/c1-10(2,3)16-9(15)7-5-4-6-8-11(12,13)14/h4-8H2,1-3H3. The summed E-state index contributed by atoms with van der Waals surface area (Å²) >= 11 is 0. The Bertz CT molecular complexity index is 216. The van der Waals surface area contributed by atoms with Crippen molar-refractivity contribution in [2.75, 3.05) is 0 Å². The van der Waals surface area contributed by atoms with E-state index in [9.17, 15) is 18.0 Å². The molecule has 0 radical (unpaired) electrons. The van der Waals surface area contributed by atoms with Crippen molar-refractivity contribution in [2.24, 2.45) is 0 Å². The molecule has 0 aliphatic heterocycles. The van der Waals surface area contributed by atoms with Crippen molar-refractivity contribution < 1.29 is 22.7 Å². The van der Waals surface area contributed by atoms with E-state index in [0.717, 1.165) is 0 Å². The Kier molecular flexibility index (Phi) is 5.83. The molecule has 0 saturated carbocycles. The number of hydrogen-bond donors (Lipinski definition) is 0. The Morgan fingerprint density at radius 1 is 1.06 bits per heavy atom. The number of carbonyl (C=O) groups excluding carboxylic acids is 1. The number of esters is 1. The van der Waals surface area contributed by atoms with Crippen molar-refractivity contribution in [1.29, 1.82) is 0 Å². The molecule has 0 aromatic rings. The molecule has 0 fully saturated rings. The molecule has 0 aromatic heterocycles. The molecule has 0 saturated heterocycles. The van der Waals surface area contributed by atoms with Crippen LogP contribution in [0, 0.1) is 0 Å². The molecule has 0 aliphatic rings. The molecule has 0 atom stereocenters. The first-order valence-corrected chi connectivity index (χ1v) is 5.39. The van der Waals surface area contributed by atoms with Gasteiger partial charge in [0.15, 0.2) is 0 Å². The van der Waals surface area contributed by atoms with Gasteiger partial charge in [-0.2, -0.15) is 13.2 Å². The van der Waals surface area contributed by atoms with Crippen LogP contribution < -0.4 is 0 Å². The second kappa shape index (κ2) is 6.11. The van der Waals surface area contributed by atoms with Gasteiger partial charge in [0.2, 0.25) is 0 Å². The minimum Gasteiger partial charge on any atom is -0.460 e. The average molecular weight is 240 g/mol. The highest BCUT2D eigenvalue weighted by atomic mass is 19.4. The highest BCUT2D eigenvalue weighted by molar-refractivity contribution is 5.69. The van der Waals surface area contributed by atoms with Crippen LogP contribution in [0.25, 0.3) is 0 Å². The van der Waals surface area contributed by atoms with Crippen molar-refractivity contribution in [3.05, 3.63) is 0 Å². The van der Waals surface area contributed by atoms with Gasteiger partial charge in [0.25, 0.3) is 0 Å². The van der Waals surface area contributed by atoms with Crippen molar-refractivity contribution in [3.63, 3.8) is 0 Å². The van der Waals surface area contributed by atoms with Crippen molar-refractivity contribution in [2.45, 2.75) is 64.7 Å². The van der Waals surface area contributed by atoms with E-state index >= 15 is 0 Å². The summed E-state index contributed by atoms with van der Waals surface area (Å²) in [6.45, 7) is 5.28. The minimum absolute atomic E-state index is 0.0757. The summed E-state index contributed by atoms with van der Waals surface area (Å²) < 4.78 is 40.3. The number of halogens is 3. The van der Waals surface area contributed by atoms with Gasteiger partial charge in [0, 0.05) is 12.8 Å². The van der Waals surface area contributed by atoms with Crippen LogP contribution in [0.4, 0.5) is 13.2 Å². The predicted octanol–water partition coefficient (Wildman–Crippen LogP) is 3.84. The summed E-state index contributed by atoms with van der Waals surface area (Å²) in [6, 6.07) is 0. The fourth-order valence-corrected chi connectivity index (χ4v) is 1.16. The Morgan fingerprint density at radius 2 is 1.62 bits per heavy atom. The molecule has 0 unspecified atom stereocenters. The van der Waals surface area contributed by atoms with E-state index < -0.39 is 18.2 Å². The zero-order valence-corrected chi connectivity index (χ0v) is 9.99. The maximum Gasteiger partial charge on any atom is 0.389 e. The molecule has 0 aromatic carbocycles. The smallest absolute Gasteiger partial charge is 0.389 e. The topological polar surface area (TPSA) is 26.3 Å². The van der Waals surface area contributed by atoms with Gasteiger partial charge >= 0.3 is 12.1 Å². The highest BCUT2D eigenvalue weighted by Gasteiger charge is 2.25. The lowest BCUT2D eigenvalue weighted by Gasteiger charge is -2.19. The minimum atomic E-state index is -4.09.